The number of nitrogens with zero attached hydrogens (tertiary/aromatic N) is 1. The molecule has 0 amide bonds. The summed E-state index contributed by atoms with van der Waals surface area (Å²) in [6.07, 6.45) is -0.946. The molecule has 0 aliphatic heterocycles. The summed E-state index contributed by atoms with van der Waals surface area (Å²) >= 11 is 0. The molecule has 7 aromatic rings. The zero-order chi connectivity index (χ0) is 29.9. The molecule has 2 heterocycles. The number of hydrogen-bond donors (Lipinski definition) is 0. The number of para-hydroxylation sites is 2. The molecule has 2 aromatic heterocycles. The van der Waals surface area contributed by atoms with Crippen molar-refractivity contribution in [3.63, 3.8) is 0 Å². The van der Waals surface area contributed by atoms with Gasteiger partial charge in [0.2, 0.25) is 0 Å². The van der Waals surface area contributed by atoms with Gasteiger partial charge in [-0.2, -0.15) is 17.2 Å². The van der Waals surface area contributed by atoms with Crippen LogP contribution in [0.2, 0.25) is 0 Å². The maximum absolute atomic E-state index is 13.9. The Morgan fingerprint density at radius 1 is 0.767 bits per heavy atom. The van der Waals surface area contributed by atoms with Crippen LogP contribution in [0.3, 0.4) is 0 Å². The lowest BCUT2D eigenvalue weighted by Gasteiger charge is -2.15. The Kier molecular flexibility index (Phi) is 6.10. The van der Waals surface area contributed by atoms with E-state index in [4.69, 9.17) is 4.42 Å². The number of hydrogen-bond acceptors (Lipinski definition) is 5. The minimum absolute atomic E-state index is 0.0146. The summed E-state index contributed by atoms with van der Waals surface area (Å²) in [4.78, 5) is 13.0. The van der Waals surface area contributed by atoms with Crippen LogP contribution in [0, 0.1) is 0 Å². The van der Waals surface area contributed by atoms with Gasteiger partial charge >= 0.3 is 21.0 Å². The molecule has 0 unspecified atom stereocenters. The zero-order valence-corrected chi connectivity index (χ0v) is 23.6. The minimum Gasteiger partial charge on any atom is -0.422 e. The Balaban J connectivity index is 1.39. The minimum atomic E-state index is -5.24. The second-order valence-electron chi connectivity index (χ2n) is 10.2. The van der Waals surface area contributed by atoms with Gasteiger partial charge in [-0.3, -0.25) is 0 Å². The molecule has 0 radical (unpaired) electrons. The molecule has 7 rings (SSSR count). The summed E-state index contributed by atoms with van der Waals surface area (Å²) in [7, 11) is -5.24. The van der Waals surface area contributed by atoms with E-state index >= 15 is 0 Å². The molecule has 0 aliphatic carbocycles. The monoisotopic (exact) mass is 595 g/mol. The fraction of sp³-hybridized carbons (Fsp3) is 0.0882. The van der Waals surface area contributed by atoms with E-state index in [1.807, 2.05) is 54.6 Å². The molecule has 214 valence electrons. The first-order valence-corrected chi connectivity index (χ1v) is 15.0. The van der Waals surface area contributed by atoms with E-state index in [9.17, 15) is 22.0 Å². The largest absolute Gasteiger partial charge is 0.422 e. The van der Waals surface area contributed by atoms with Crippen LogP contribution in [0.1, 0.15) is 13.3 Å². The van der Waals surface area contributed by atoms with Crippen LogP contribution >= 0.6 is 0 Å². The summed E-state index contributed by atoms with van der Waals surface area (Å²) in [6.45, 7) is 1.04. The zero-order valence-electron chi connectivity index (χ0n) is 22.8. The van der Waals surface area contributed by atoms with Gasteiger partial charge in [0, 0.05) is 33.7 Å². The fourth-order valence-corrected chi connectivity index (χ4v) is 6.44. The van der Waals surface area contributed by atoms with E-state index in [-0.39, 0.29) is 5.39 Å². The summed E-state index contributed by atoms with van der Waals surface area (Å²) in [5.74, 6) is -0.398. The number of halogens is 2. The van der Waals surface area contributed by atoms with Gasteiger partial charge in [0.05, 0.1) is 16.4 Å². The molecule has 0 spiro atoms. The molecule has 0 fully saturated rings. The summed E-state index contributed by atoms with van der Waals surface area (Å²) < 4.78 is 64.4. The molecule has 6 nitrogen and oxygen atoms in total. The van der Waals surface area contributed by atoms with Gasteiger partial charge in [-0.05, 0) is 65.7 Å². The number of benzene rings is 5. The van der Waals surface area contributed by atoms with Crippen LogP contribution in [-0.2, 0) is 10.1 Å². The van der Waals surface area contributed by atoms with Crippen molar-refractivity contribution in [2.45, 2.75) is 18.6 Å². The van der Waals surface area contributed by atoms with Gasteiger partial charge in [0.25, 0.3) is 0 Å². The van der Waals surface area contributed by atoms with Crippen molar-refractivity contribution in [2.24, 2.45) is 0 Å². The molecule has 43 heavy (non-hydrogen) atoms. The van der Waals surface area contributed by atoms with Gasteiger partial charge in [0.15, 0.2) is 0 Å². The normalized spacial score (nSPS) is 12.4. The Labute approximate surface area is 244 Å². The third-order valence-electron chi connectivity index (χ3n) is 7.69. The van der Waals surface area contributed by atoms with E-state index in [0.717, 1.165) is 51.6 Å². The predicted molar refractivity (Wildman–Crippen MR) is 165 cm³/mol. The second kappa shape index (κ2) is 9.78. The number of fused-ring (bicyclic) bond motifs is 6. The highest BCUT2D eigenvalue weighted by molar-refractivity contribution is 7.88. The molecule has 0 N–H and O–H groups in total. The van der Waals surface area contributed by atoms with Gasteiger partial charge < -0.3 is 13.2 Å². The van der Waals surface area contributed by atoms with E-state index in [2.05, 4.69) is 39.1 Å². The topological polar surface area (TPSA) is 78.5 Å². The SMILES string of the molecule is CCC(F)(F)S(=O)(=O)Oc1ccc2c(c1)c(=O)oc1cc(-c3cccc4c3c3ccccc3n4-c3ccccc3)ccc12. The lowest BCUT2D eigenvalue weighted by Crippen LogP contribution is -2.32. The summed E-state index contributed by atoms with van der Waals surface area (Å²) in [5.41, 5.74) is 4.51. The Hall–Kier alpha value is -5.02. The van der Waals surface area contributed by atoms with Crippen molar-refractivity contribution in [3.05, 3.63) is 120 Å². The first-order chi connectivity index (χ1) is 20.7. The molecule has 9 heteroatoms. The Morgan fingerprint density at radius 3 is 2.28 bits per heavy atom. The molecule has 0 atom stereocenters. The Bertz CT molecular complexity index is 2380. The van der Waals surface area contributed by atoms with Crippen LogP contribution < -0.4 is 9.81 Å². The van der Waals surface area contributed by atoms with Crippen molar-refractivity contribution in [3.8, 4) is 22.6 Å². The smallest absolute Gasteiger partial charge is 0.380 e. The Morgan fingerprint density at radius 2 is 1.49 bits per heavy atom. The molecule has 0 saturated carbocycles. The maximum atomic E-state index is 13.9. The summed E-state index contributed by atoms with van der Waals surface area (Å²) in [6, 6.07) is 33.8. The number of alkyl halides is 2. The fourth-order valence-electron chi connectivity index (χ4n) is 5.61. The first kappa shape index (κ1) is 26.9. The van der Waals surface area contributed by atoms with Gasteiger partial charge in [-0.1, -0.05) is 61.5 Å². The van der Waals surface area contributed by atoms with Crippen molar-refractivity contribution in [1.29, 1.82) is 0 Å². The van der Waals surface area contributed by atoms with Crippen molar-refractivity contribution in [2.75, 3.05) is 0 Å². The molecule has 0 aliphatic rings. The van der Waals surface area contributed by atoms with Crippen molar-refractivity contribution < 1.29 is 25.8 Å². The van der Waals surface area contributed by atoms with E-state index in [1.54, 1.807) is 6.07 Å². The average Bonchev–Trinajstić information content (AvgIpc) is 3.36. The first-order valence-electron chi connectivity index (χ1n) is 13.6. The number of aromatic nitrogens is 1. The van der Waals surface area contributed by atoms with Gasteiger partial charge in [-0.25, -0.2) is 4.79 Å². The van der Waals surface area contributed by atoms with Crippen molar-refractivity contribution in [1.82, 2.24) is 4.57 Å². The summed E-state index contributed by atoms with van der Waals surface area (Å²) in [5, 5.41) is -0.845. The van der Waals surface area contributed by atoms with E-state index in [1.165, 1.54) is 12.1 Å². The highest BCUT2D eigenvalue weighted by Crippen LogP contribution is 2.39. The maximum Gasteiger partial charge on any atom is 0.380 e. The van der Waals surface area contributed by atoms with Gasteiger partial charge in [-0.15, -0.1) is 0 Å². The van der Waals surface area contributed by atoms with E-state index in [0.29, 0.717) is 16.4 Å². The standard InChI is InChI=1S/C34H23F2NO5S/c1-2-34(35,36)43(39,40)42-23-16-18-25-26-17-15-21(19-31(26)41-33(38)28(25)20-23)24-12-8-14-30-32(24)27-11-6-7-13-29(27)37(30)22-9-4-3-5-10-22/h3-20H,2H2,1H3. The molecule has 0 saturated heterocycles. The van der Waals surface area contributed by atoms with Gasteiger partial charge in [0.1, 0.15) is 11.3 Å². The van der Waals surface area contributed by atoms with Crippen LogP contribution in [0.15, 0.2) is 118 Å². The van der Waals surface area contributed by atoms with E-state index < -0.39 is 33.2 Å². The third-order valence-corrected chi connectivity index (χ3v) is 9.12. The predicted octanol–water partition coefficient (Wildman–Crippen LogP) is 8.42. The quantitative estimate of drug-likeness (QED) is 0.110. The third kappa shape index (κ3) is 4.27. The van der Waals surface area contributed by atoms with Crippen LogP contribution in [0.5, 0.6) is 5.75 Å². The van der Waals surface area contributed by atoms with Crippen LogP contribution in [0.25, 0.3) is 60.4 Å². The highest BCUT2D eigenvalue weighted by atomic mass is 32.2. The van der Waals surface area contributed by atoms with Crippen LogP contribution in [0.4, 0.5) is 8.78 Å². The second-order valence-corrected chi connectivity index (χ2v) is 11.9. The molecule has 0 bridgehead atoms. The molecular formula is C34H23F2NO5S. The molecular weight excluding hydrogens is 572 g/mol. The average molecular weight is 596 g/mol. The highest BCUT2D eigenvalue weighted by Gasteiger charge is 2.45. The van der Waals surface area contributed by atoms with Crippen molar-refractivity contribution >= 4 is 53.7 Å². The lowest BCUT2D eigenvalue weighted by molar-refractivity contribution is 0.0782. The lowest BCUT2D eigenvalue weighted by atomic mass is 9.97. The number of rotatable bonds is 6. The van der Waals surface area contributed by atoms with Crippen LogP contribution in [-0.4, -0.2) is 18.2 Å². The molecule has 5 aromatic carbocycles.